The lowest BCUT2D eigenvalue weighted by Gasteiger charge is -2.26. The Kier molecular flexibility index (Phi) is 4.89. The van der Waals surface area contributed by atoms with Crippen molar-refractivity contribution < 1.29 is 8.42 Å². The summed E-state index contributed by atoms with van der Waals surface area (Å²) in [5, 5.41) is 0. The Balaban J connectivity index is 2.14. The average Bonchev–Trinajstić information content (AvgIpc) is 2.41. The molecule has 1 aromatic rings. The molecule has 106 valence electrons. The van der Waals surface area contributed by atoms with Crippen LogP contribution in [0.2, 0.25) is 0 Å². The van der Waals surface area contributed by atoms with Crippen LogP contribution in [0.25, 0.3) is 0 Å². The Bertz CT molecular complexity index is 523. The number of hydrogen-bond acceptors (Lipinski definition) is 4. The van der Waals surface area contributed by atoms with Crippen molar-refractivity contribution >= 4 is 21.8 Å². The molecule has 2 rings (SSSR count). The first-order valence-electron chi connectivity index (χ1n) is 6.44. The first-order chi connectivity index (χ1) is 9.03. The van der Waals surface area contributed by atoms with Crippen molar-refractivity contribution in [1.82, 2.24) is 4.72 Å². The molecule has 1 aliphatic carbocycles. The molecule has 0 unspecified atom stereocenters. The lowest BCUT2D eigenvalue weighted by molar-refractivity contribution is 0.373. The molecule has 0 atom stereocenters. The standard InChI is InChI=1S/C13H20N2O2S2/c1-18-12-4-2-3-5-13(12)19(16,17)15-11-8-6-10(14)7-9-11/h2-5,10-11,15H,6-9,14H2,1H3. The van der Waals surface area contributed by atoms with E-state index in [1.807, 2.05) is 18.4 Å². The van der Waals surface area contributed by atoms with Gasteiger partial charge in [0.15, 0.2) is 0 Å². The lowest BCUT2D eigenvalue weighted by Crippen LogP contribution is -2.40. The normalized spacial score (nSPS) is 24.3. The monoisotopic (exact) mass is 300 g/mol. The van der Waals surface area contributed by atoms with E-state index >= 15 is 0 Å². The molecule has 0 spiro atoms. The second-order valence-electron chi connectivity index (χ2n) is 4.88. The van der Waals surface area contributed by atoms with Crippen LogP contribution >= 0.6 is 11.8 Å². The Morgan fingerprint density at radius 2 is 1.84 bits per heavy atom. The van der Waals surface area contributed by atoms with E-state index < -0.39 is 10.0 Å². The molecule has 0 radical (unpaired) electrons. The minimum Gasteiger partial charge on any atom is -0.328 e. The van der Waals surface area contributed by atoms with Gasteiger partial charge in [-0.15, -0.1) is 11.8 Å². The van der Waals surface area contributed by atoms with Gasteiger partial charge in [-0.1, -0.05) is 12.1 Å². The van der Waals surface area contributed by atoms with Gasteiger partial charge in [0.2, 0.25) is 10.0 Å². The molecule has 0 bridgehead atoms. The highest BCUT2D eigenvalue weighted by molar-refractivity contribution is 7.99. The number of hydrogen-bond donors (Lipinski definition) is 2. The fourth-order valence-electron chi connectivity index (χ4n) is 2.36. The molecular weight excluding hydrogens is 280 g/mol. The number of benzene rings is 1. The first-order valence-corrected chi connectivity index (χ1v) is 9.14. The Morgan fingerprint density at radius 3 is 2.47 bits per heavy atom. The van der Waals surface area contributed by atoms with Crippen LogP contribution in [0.15, 0.2) is 34.1 Å². The fourth-order valence-corrected chi connectivity index (χ4v) is 4.82. The number of sulfonamides is 1. The number of rotatable bonds is 4. The van der Waals surface area contributed by atoms with E-state index in [1.54, 1.807) is 12.1 Å². The number of nitrogens with one attached hydrogen (secondary N) is 1. The molecule has 1 fully saturated rings. The minimum absolute atomic E-state index is 0.0136. The van der Waals surface area contributed by atoms with Crippen LogP contribution < -0.4 is 10.5 Å². The highest BCUT2D eigenvalue weighted by Crippen LogP contribution is 2.26. The van der Waals surface area contributed by atoms with Crippen molar-refractivity contribution in [3.05, 3.63) is 24.3 Å². The van der Waals surface area contributed by atoms with E-state index in [-0.39, 0.29) is 12.1 Å². The molecule has 0 heterocycles. The van der Waals surface area contributed by atoms with Crippen LogP contribution in [0.3, 0.4) is 0 Å². The Labute approximate surface area is 119 Å². The smallest absolute Gasteiger partial charge is 0.241 e. The minimum atomic E-state index is -3.43. The molecule has 3 N–H and O–H groups in total. The van der Waals surface area contributed by atoms with Crippen molar-refractivity contribution in [1.29, 1.82) is 0 Å². The molecule has 0 aromatic heterocycles. The zero-order valence-electron chi connectivity index (χ0n) is 11.0. The van der Waals surface area contributed by atoms with Gasteiger partial charge in [0.05, 0.1) is 4.90 Å². The summed E-state index contributed by atoms with van der Waals surface area (Å²) in [4.78, 5) is 1.15. The number of nitrogens with two attached hydrogens (primary N) is 1. The van der Waals surface area contributed by atoms with Crippen molar-refractivity contribution in [2.75, 3.05) is 6.26 Å². The van der Waals surface area contributed by atoms with Gasteiger partial charge < -0.3 is 5.73 Å². The summed E-state index contributed by atoms with van der Waals surface area (Å²) < 4.78 is 27.6. The Morgan fingerprint density at radius 1 is 1.21 bits per heavy atom. The largest absolute Gasteiger partial charge is 0.328 e. The molecule has 1 aromatic carbocycles. The van der Waals surface area contributed by atoms with E-state index in [0.29, 0.717) is 4.90 Å². The van der Waals surface area contributed by atoms with Gasteiger partial charge in [-0.25, -0.2) is 13.1 Å². The van der Waals surface area contributed by atoms with Gasteiger partial charge in [0.25, 0.3) is 0 Å². The number of thioether (sulfide) groups is 1. The van der Waals surface area contributed by atoms with Crippen molar-refractivity contribution in [2.24, 2.45) is 5.73 Å². The van der Waals surface area contributed by atoms with Gasteiger partial charge in [-0.05, 0) is 44.1 Å². The summed E-state index contributed by atoms with van der Waals surface area (Å²) in [6.45, 7) is 0. The van der Waals surface area contributed by atoms with E-state index in [0.717, 1.165) is 30.6 Å². The fraction of sp³-hybridized carbons (Fsp3) is 0.538. The first kappa shape index (κ1) is 14.8. The summed E-state index contributed by atoms with van der Waals surface area (Å²) in [5.74, 6) is 0. The predicted molar refractivity (Wildman–Crippen MR) is 78.8 cm³/mol. The van der Waals surface area contributed by atoms with E-state index in [4.69, 9.17) is 5.73 Å². The van der Waals surface area contributed by atoms with Crippen LogP contribution in [0, 0.1) is 0 Å². The van der Waals surface area contributed by atoms with Gasteiger partial charge in [-0.3, -0.25) is 0 Å². The zero-order valence-corrected chi connectivity index (χ0v) is 12.6. The van der Waals surface area contributed by atoms with E-state index in [2.05, 4.69) is 4.72 Å². The SMILES string of the molecule is CSc1ccccc1S(=O)(=O)NC1CCC(N)CC1. The van der Waals surface area contributed by atoms with Crippen LogP contribution in [0.5, 0.6) is 0 Å². The van der Waals surface area contributed by atoms with E-state index in [9.17, 15) is 8.42 Å². The molecule has 19 heavy (non-hydrogen) atoms. The molecule has 0 aliphatic heterocycles. The highest BCUT2D eigenvalue weighted by Gasteiger charge is 2.25. The summed E-state index contributed by atoms with van der Waals surface area (Å²) >= 11 is 1.45. The lowest BCUT2D eigenvalue weighted by atomic mass is 9.93. The maximum atomic E-state index is 12.4. The van der Waals surface area contributed by atoms with Gasteiger partial charge in [0, 0.05) is 17.0 Å². The molecular formula is C13H20N2O2S2. The third-order valence-corrected chi connectivity index (χ3v) is 5.96. The highest BCUT2D eigenvalue weighted by atomic mass is 32.2. The second-order valence-corrected chi connectivity index (χ2v) is 7.41. The third kappa shape index (κ3) is 3.72. The van der Waals surface area contributed by atoms with Gasteiger partial charge in [-0.2, -0.15) is 0 Å². The summed E-state index contributed by atoms with van der Waals surface area (Å²) in [6.07, 6.45) is 5.30. The van der Waals surface area contributed by atoms with Crippen LogP contribution in [-0.2, 0) is 10.0 Å². The quantitative estimate of drug-likeness (QED) is 0.834. The summed E-state index contributed by atoms with van der Waals surface area (Å²) in [5.41, 5.74) is 5.84. The maximum Gasteiger partial charge on any atom is 0.241 e. The topological polar surface area (TPSA) is 72.2 Å². The van der Waals surface area contributed by atoms with Gasteiger partial charge >= 0.3 is 0 Å². The van der Waals surface area contributed by atoms with E-state index in [1.165, 1.54) is 11.8 Å². The molecule has 6 heteroatoms. The predicted octanol–water partition coefficient (Wildman–Crippen LogP) is 1.96. The summed E-state index contributed by atoms with van der Waals surface area (Å²) in [6, 6.07) is 7.33. The molecule has 1 aliphatic rings. The van der Waals surface area contributed by atoms with Crippen LogP contribution in [0.4, 0.5) is 0 Å². The van der Waals surface area contributed by atoms with Crippen molar-refractivity contribution in [2.45, 2.75) is 47.6 Å². The third-order valence-electron chi connectivity index (χ3n) is 3.45. The van der Waals surface area contributed by atoms with Crippen molar-refractivity contribution in [3.63, 3.8) is 0 Å². The second kappa shape index (κ2) is 6.26. The molecule has 0 amide bonds. The van der Waals surface area contributed by atoms with Crippen LogP contribution in [-0.4, -0.2) is 26.8 Å². The summed E-state index contributed by atoms with van der Waals surface area (Å²) in [7, 11) is -3.43. The molecule has 1 saturated carbocycles. The van der Waals surface area contributed by atoms with Gasteiger partial charge in [0.1, 0.15) is 0 Å². The molecule has 4 nitrogen and oxygen atoms in total. The van der Waals surface area contributed by atoms with Crippen molar-refractivity contribution in [3.8, 4) is 0 Å². The molecule has 0 saturated heterocycles. The van der Waals surface area contributed by atoms with Crippen LogP contribution in [0.1, 0.15) is 25.7 Å². The Hall–Kier alpha value is -0.560. The zero-order chi connectivity index (χ0) is 13.9. The average molecular weight is 300 g/mol. The maximum absolute atomic E-state index is 12.4.